The van der Waals surface area contributed by atoms with Crippen LogP contribution in [-0.4, -0.2) is 64.5 Å². The summed E-state index contributed by atoms with van der Waals surface area (Å²) in [4.78, 5) is 2.52. The third kappa shape index (κ3) is 5.79. The van der Waals surface area contributed by atoms with Crippen molar-refractivity contribution in [1.29, 1.82) is 0 Å². The third-order valence-corrected chi connectivity index (χ3v) is 6.91. The number of hydrogen-bond donors (Lipinski definition) is 0. The maximum absolute atomic E-state index is 15.1. The summed E-state index contributed by atoms with van der Waals surface area (Å²) in [6, 6.07) is 7.82. The van der Waals surface area contributed by atoms with Crippen molar-refractivity contribution in [2.24, 2.45) is 4.99 Å². The number of aliphatic imine (C=N–C) groups is 1. The van der Waals surface area contributed by atoms with E-state index in [1.807, 2.05) is 0 Å². The van der Waals surface area contributed by atoms with Crippen LogP contribution >= 0.6 is 0 Å². The number of hydrogen-bond acceptors (Lipinski definition) is 3. The summed E-state index contributed by atoms with van der Waals surface area (Å²) >= 11 is 0. The van der Waals surface area contributed by atoms with E-state index >= 15 is 8.78 Å². The molecule has 0 saturated carbocycles. The highest BCUT2D eigenvalue weighted by atomic mass is 32.2. The van der Waals surface area contributed by atoms with Gasteiger partial charge < -0.3 is 4.74 Å². The van der Waals surface area contributed by atoms with E-state index in [0.29, 0.717) is 5.56 Å². The quantitative estimate of drug-likeness (QED) is 0.181. The van der Waals surface area contributed by atoms with Gasteiger partial charge in [-0.25, -0.2) is 0 Å². The van der Waals surface area contributed by atoms with Crippen molar-refractivity contribution in [2.45, 2.75) is 53.5 Å². The van der Waals surface area contributed by atoms with E-state index in [0.717, 1.165) is 43.5 Å². The summed E-state index contributed by atoms with van der Waals surface area (Å²) in [7, 11) is -1.78. The molecule has 42 heavy (non-hydrogen) atoms. The molecule has 1 atom stereocenters. The summed E-state index contributed by atoms with van der Waals surface area (Å²) in [5.74, 6) is -49.8. The molecule has 0 aromatic heterocycles. The summed E-state index contributed by atoms with van der Waals surface area (Å²) in [6.45, 7) is 1.50. The van der Waals surface area contributed by atoms with Crippen molar-refractivity contribution in [1.82, 2.24) is 0 Å². The Bertz CT molecular complexity index is 1300. The number of nitrogens with zero attached hydrogens (tertiary/aromatic N) is 1. The van der Waals surface area contributed by atoms with Gasteiger partial charge in [0.1, 0.15) is 11.5 Å². The van der Waals surface area contributed by atoms with Crippen molar-refractivity contribution in [2.75, 3.05) is 12.9 Å². The average molecular weight is 655 g/mol. The standard InChI is InChI=1S/C23H16F15NO2S/c1-12-3-9-15(10-4-12)42(40)11-16(39-13-5-7-14(41-2)8-6-13)17(24,25)18(26,27)19(28,29)20(30,31)21(32,33)22(34,35)23(36,37)38/h3-10H,11H2,1-2H3/t42-/m0/s1. The van der Waals surface area contributed by atoms with Crippen molar-refractivity contribution >= 4 is 22.2 Å². The normalized spacial score (nSPS) is 15.5. The lowest BCUT2D eigenvalue weighted by Gasteiger charge is -2.41. The topological polar surface area (TPSA) is 38.7 Å². The Morgan fingerprint density at radius 1 is 0.667 bits per heavy atom. The number of rotatable bonds is 11. The molecule has 0 amide bonds. The predicted octanol–water partition coefficient (Wildman–Crippen LogP) is 8.26. The van der Waals surface area contributed by atoms with Gasteiger partial charge in [0, 0.05) is 4.90 Å². The third-order valence-electron chi connectivity index (χ3n) is 5.58. The average Bonchev–Trinajstić information content (AvgIpc) is 2.87. The van der Waals surface area contributed by atoms with Gasteiger partial charge in [-0.05, 0) is 43.3 Å². The largest absolute Gasteiger partial charge is 0.497 e. The zero-order chi connectivity index (χ0) is 32.7. The first-order valence-electron chi connectivity index (χ1n) is 10.8. The molecule has 0 aliphatic heterocycles. The number of alkyl halides is 15. The smallest absolute Gasteiger partial charge is 0.460 e. The zero-order valence-electron chi connectivity index (χ0n) is 20.7. The summed E-state index contributed by atoms with van der Waals surface area (Å²) in [5, 5.41) is 0. The van der Waals surface area contributed by atoms with Crippen LogP contribution in [-0.2, 0) is 10.8 Å². The molecule has 19 heteroatoms. The van der Waals surface area contributed by atoms with E-state index in [-0.39, 0.29) is 5.75 Å². The van der Waals surface area contributed by atoms with Crippen LogP contribution in [0, 0.1) is 6.92 Å². The number of benzene rings is 2. The lowest BCUT2D eigenvalue weighted by atomic mass is 9.89. The van der Waals surface area contributed by atoms with Gasteiger partial charge in [0.15, 0.2) is 0 Å². The van der Waals surface area contributed by atoms with Crippen molar-refractivity contribution in [3.05, 3.63) is 54.1 Å². The molecule has 0 aliphatic carbocycles. The molecule has 0 aliphatic rings. The number of methoxy groups -OCH3 is 1. The Balaban J connectivity index is 2.73. The highest BCUT2D eigenvalue weighted by molar-refractivity contribution is 7.85. The minimum Gasteiger partial charge on any atom is -0.497 e. The molecule has 0 radical (unpaired) electrons. The van der Waals surface area contributed by atoms with Gasteiger partial charge in [-0.3, -0.25) is 9.20 Å². The van der Waals surface area contributed by atoms with Crippen LogP contribution in [0.25, 0.3) is 0 Å². The fraction of sp³-hybridized carbons (Fsp3) is 0.435. The molecule has 0 fully saturated rings. The van der Waals surface area contributed by atoms with E-state index in [1.165, 1.54) is 19.1 Å². The Hall–Kier alpha value is -2.99. The minimum atomic E-state index is -8.45. The van der Waals surface area contributed by atoms with Crippen molar-refractivity contribution < 1.29 is 74.8 Å². The van der Waals surface area contributed by atoms with Gasteiger partial charge in [-0.15, -0.1) is 0 Å². The fourth-order valence-electron chi connectivity index (χ4n) is 3.05. The predicted molar refractivity (Wildman–Crippen MR) is 118 cm³/mol. The molecule has 2 aromatic carbocycles. The zero-order valence-corrected chi connectivity index (χ0v) is 21.5. The maximum Gasteiger partial charge on any atom is 0.460 e. The van der Waals surface area contributed by atoms with E-state index in [9.17, 15) is 61.3 Å². The molecule has 0 unspecified atom stereocenters. The Morgan fingerprint density at radius 2 is 1.10 bits per heavy atom. The molecule has 0 spiro atoms. The highest BCUT2D eigenvalue weighted by Gasteiger charge is 2.93. The van der Waals surface area contributed by atoms with Gasteiger partial charge in [-0.1, -0.05) is 17.7 Å². The van der Waals surface area contributed by atoms with Crippen LogP contribution in [0.5, 0.6) is 5.75 Å². The van der Waals surface area contributed by atoms with Crippen LogP contribution in [0.15, 0.2) is 58.4 Å². The lowest BCUT2D eigenvalue weighted by molar-refractivity contribution is -0.448. The van der Waals surface area contributed by atoms with Crippen LogP contribution in [0.1, 0.15) is 5.56 Å². The summed E-state index contributed by atoms with van der Waals surface area (Å²) < 4.78 is 224. The Morgan fingerprint density at radius 3 is 1.52 bits per heavy atom. The van der Waals surface area contributed by atoms with Crippen molar-refractivity contribution in [3.63, 3.8) is 0 Å². The first-order valence-corrected chi connectivity index (χ1v) is 12.1. The van der Waals surface area contributed by atoms with Crippen LogP contribution < -0.4 is 4.74 Å². The molecule has 0 N–H and O–H groups in total. The van der Waals surface area contributed by atoms with Gasteiger partial charge >= 0.3 is 41.7 Å². The minimum absolute atomic E-state index is 0.00479. The van der Waals surface area contributed by atoms with E-state index in [4.69, 9.17) is 4.74 Å². The SMILES string of the molecule is COc1ccc(N=C(C[S@](=O)c2ccc(C)cc2)C(F)(F)C(F)(F)C(F)(F)C(F)(F)C(F)(F)C(F)(F)C(F)(F)F)cc1. The van der Waals surface area contributed by atoms with Gasteiger partial charge in [0.05, 0.1) is 29.3 Å². The van der Waals surface area contributed by atoms with Crippen molar-refractivity contribution in [3.8, 4) is 5.75 Å². The second kappa shape index (κ2) is 11.3. The number of ether oxygens (including phenoxy) is 1. The fourth-order valence-corrected chi connectivity index (χ4v) is 4.15. The van der Waals surface area contributed by atoms with Crippen LogP contribution in [0.3, 0.4) is 0 Å². The molecule has 3 nitrogen and oxygen atoms in total. The maximum atomic E-state index is 15.1. The van der Waals surface area contributed by atoms with Crippen LogP contribution in [0.4, 0.5) is 71.5 Å². The number of halogens is 15. The summed E-state index contributed by atoms with van der Waals surface area (Å²) in [6.07, 6.45) is -7.71. The summed E-state index contributed by atoms with van der Waals surface area (Å²) in [5.41, 5.74) is -2.91. The van der Waals surface area contributed by atoms with Gasteiger partial charge in [0.25, 0.3) is 0 Å². The van der Waals surface area contributed by atoms with E-state index in [1.54, 1.807) is 0 Å². The van der Waals surface area contributed by atoms with Crippen LogP contribution in [0.2, 0.25) is 0 Å². The van der Waals surface area contributed by atoms with Gasteiger partial charge in [0.2, 0.25) is 0 Å². The molecule has 236 valence electrons. The molecule has 0 saturated heterocycles. The lowest BCUT2D eigenvalue weighted by Crippen LogP contribution is -2.73. The van der Waals surface area contributed by atoms with E-state index < -0.39 is 74.6 Å². The van der Waals surface area contributed by atoms with Gasteiger partial charge in [-0.2, -0.15) is 65.9 Å². The van der Waals surface area contributed by atoms with E-state index in [2.05, 4.69) is 4.99 Å². The first kappa shape index (κ1) is 35.2. The first-order chi connectivity index (χ1) is 18.8. The second-order valence-electron chi connectivity index (χ2n) is 8.50. The molecular formula is C23H16F15NO2S. The molecule has 2 rings (SSSR count). The second-order valence-corrected chi connectivity index (χ2v) is 9.95. The Kier molecular flexibility index (Phi) is 9.44. The monoisotopic (exact) mass is 655 g/mol. The molecule has 2 aromatic rings. The molecule has 0 bridgehead atoms. The molecular weight excluding hydrogens is 639 g/mol. The molecule has 0 heterocycles. The highest BCUT2D eigenvalue weighted by Crippen LogP contribution is 2.62. The number of aryl methyl sites for hydroxylation is 1. The Labute approximate surface area is 228 Å².